The van der Waals surface area contributed by atoms with E-state index in [-0.39, 0.29) is 30.4 Å². The highest BCUT2D eigenvalue weighted by Gasteiger charge is 2.27. The van der Waals surface area contributed by atoms with E-state index < -0.39 is 5.92 Å². The topological polar surface area (TPSA) is 78.6 Å². The summed E-state index contributed by atoms with van der Waals surface area (Å²) >= 11 is 1.60. The average Bonchev–Trinajstić information content (AvgIpc) is 3.12. The Balaban J connectivity index is 0.00000312. The Morgan fingerprint density at radius 2 is 1.76 bits per heavy atom. The molecular weight excluding hydrogens is 362 g/mol. The second kappa shape index (κ2) is 10.2. The fourth-order valence-corrected chi connectivity index (χ4v) is 3.28. The number of hydrogen-bond donors (Lipinski definition) is 1. The fourth-order valence-electron chi connectivity index (χ4n) is 2.52. The number of esters is 2. The Hall–Kier alpha value is -1.89. The van der Waals surface area contributed by atoms with Gasteiger partial charge < -0.3 is 15.2 Å². The van der Waals surface area contributed by atoms with Gasteiger partial charge in [-0.15, -0.1) is 23.7 Å². The normalized spacial score (nSPS) is 12.6. The Morgan fingerprint density at radius 3 is 2.28 bits per heavy atom. The molecule has 0 aliphatic carbocycles. The van der Waals surface area contributed by atoms with Crippen molar-refractivity contribution in [2.75, 3.05) is 14.2 Å². The van der Waals surface area contributed by atoms with Crippen molar-refractivity contribution in [3.63, 3.8) is 0 Å². The molecule has 136 valence electrons. The minimum absolute atomic E-state index is 0. The maximum absolute atomic E-state index is 12.1. The van der Waals surface area contributed by atoms with Gasteiger partial charge in [0.15, 0.2) is 0 Å². The molecule has 0 saturated carbocycles. The molecular formula is C18H22ClNO4S. The van der Waals surface area contributed by atoms with E-state index in [0.717, 1.165) is 10.4 Å². The van der Waals surface area contributed by atoms with E-state index in [1.54, 1.807) is 23.5 Å². The third-order valence-electron chi connectivity index (χ3n) is 3.87. The number of benzene rings is 1. The van der Waals surface area contributed by atoms with Crippen LogP contribution in [0.3, 0.4) is 0 Å². The van der Waals surface area contributed by atoms with Gasteiger partial charge in [0.2, 0.25) is 0 Å². The number of nitrogens with two attached hydrogens (primary N) is 1. The summed E-state index contributed by atoms with van der Waals surface area (Å²) in [6, 6.07) is 10.6. The van der Waals surface area contributed by atoms with Crippen molar-refractivity contribution in [3.05, 3.63) is 57.8 Å². The number of carbonyl (C=O) groups is 2. The van der Waals surface area contributed by atoms with Crippen LogP contribution in [-0.2, 0) is 27.1 Å². The molecule has 2 atom stereocenters. The lowest BCUT2D eigenvalue weighted by molar-refractivity contribution is -0.146. The van der Waals surface area contributed by atoms with Crippen molar-refractivity contribution in [2.45, 2.75) is 18.9 Å². The smallest absolute Gasteiger partial charge is 0.337 e. The van der Waals surface area contributed by atoms with Crippen LogP contribution in [-0.4, -0.2) is 32.2 Å². The molecule has 2 N–H and O–H groups in total. The van der Waals surface area contributed by atoms with Crippen molar-refractivity contribution in [1.29, 1.82) is 0 Å². The summed E-state index contributed by atoms with van der Waals surface area (Å²) in [4.78, 5) is 24.6. The van der Waals surface area contributed by atoms with E-state index in [1.165, 1.54) is 14.2 Å². The zero-order chi connectivity index (χ0) is 17.5. The number of hydrogen-bond acceptors (Lipinski definition) is 6. The molecule has 0 aliphatic heterocycles. The summed E-state index contributed by atoms with van der Waals surface area (Å²) in [6.07, 6.45) is 1.08. The summed E-state index contributed by atoms with van der Waals surface area (Å²) in [5.74, 6) is -1.09. The fraction of sp³-hybridized carbons (Fsp3) is 0.333. The molecule has 1 aromatic heterocycles. The second-order valence-corrected chi connectivity index (χ2v) is 6.50. The highest BCUT2D eigenvalue weighted by Crippen LogP contribution is 2.20. The molecule has 5 nitrogen and oxygen atoms in total. The van der Waals surface area contributed by atoms with Crippen molar-refractivity contribution < 1.29 is 19.1 Å². The number of carbonyl (C=O) groups excluding carboxylic acids is 2. The van der Waals surface area contributed by atoms with Gasteiger partial charge in [-0.05, 0) is 42.0 Å². The molecule has 25 heavy (non-hydrogen) atoms. The lowest BCUT2D eigenvalue weighted by Gasteiger charge is -2.21. The van der Waals surface area contributed by atoms with Crippen LogP contribution in [0.5, 0.6) is 0 Å². The summed E-state index contributed by atoms with van der Waals surface area (Å²) in [5, 5.41) is 1.97. The van der Waals surface area contributed by atoms with Gasteiger partial charge >= 0.3 is 11.9 Å². The van der Waals surface area contributed by atoms with Crippen molar-refractivity contribution in [3.8, 4) is 0 Å². The summed E-state index contributed by atoms with van der Waals surface area (Å²) in [7, 11) is 2.72. The van der Waals surface area contributed by atoms with Gasteiger partial charge in [0, 0.05) is 10.9 Å². The molecule has 0 fully saturated rings. The second-order valence-electron chi connectivity index (χ2n) is 5.47. The lowest BCUT2D eigenvalue weighted by Crippen LogP contribution is -2.39. The van der Waals surface area contributed by atoms with E-state index in [2.05, 4.69) is 4.74 Å². The molecule has 1 heterocycles. The third-order valence-corrected chi connectivity index (χ3v) is 4.77. The Kier molecular flexibility index (Phi) is 8.61. The predicted octanol–water partition coefficient (Wildman–Crippen LogP) is 2.86. The molecule has 0 saturated heterocycles. The first-order valence-electron chi connectivity index (χ1n) is 7.58. The van der Waals surface area contributed by atoms with Crippen molar-refractivity contribution in [1.82, 2.24) is 0 Å². The third kappa shape index (κ3) is 5.85. The monoisotopic (exact) mass is 383 g/mol. The average molecular weight is 384 g/mol. The Labute approximate surface area is 157 Å². The molecule has 0 bridgehead atoms. The zero-order valence-corrected chi connectivity index (χ0v) is 15.8. The summed E-state index contributed by atoms with van der Waals surface area (Å²) in [6.45, 7) is 0. The van der Waals surface area contributed by atoms with Crippen LogP contribution < -0.4 is 5.73 Å². The van der Waals surface area contributed by atoms with Gasteiger partial charge in [-0.3, -0.25) is 4.79 Å². The van der Waals surface area contributed by atoms with E-state index >= 15 is 0 Å². The quantitative estimate of drug-likeness (QED) is 0.744. The maximum Gasteiger partial charge on any atom is 0.337 e. The minimum Gasteiger partial charge on any atom is -0.469 e. The van der Waals surface area contributed by atoms with Crippen LogP contribution in [0.25, 0.3) is 0 Å². The molecule has 0 aliphatic rings. The first-order chi connectivity index (χ1) is 11.5. The lowest BCUT2D eigenvalue weighted by atomic mass is 9.91. The molecule has 2 rings (SSSR count). The standard InChI is InChI=1S/C18H21NO4S.ClH/c1-22-17(20)13-7-5-12(6-8-13)10-16(19)15(18(21)23-2)11-14-4-3-9-24-14;/h3-9,15-16H,10-11,19H2,1-2H3;1H. The van der Waals surface area contributed by atoms with Gasteiger partial charge in [-0.1, -0.05) is 18.2 Å². The largest absolute Gasteiger partial charge is 0.469 e. The predicted molar refractivity (Wildman–Crippen MR) is 100 cm³/mol. The van der Waals surface area contributed by atoms with Gasteiger partial charge in [-0.25, -0.2) is 4.79 Å². The van der Waals surface area contributed by atoms with Gasteiger partial charge in [0.1, 0.15) is 0 Å². The van der Waals surface area contributed by atoms with Crippen LogP contribution in [0, 0.1) is 5.92 Å². The molecule has 0 radical (unpaired) electrons. The number of ether oxygens (including phenoxy) is 2. The van der Waals surface area contributed by atoms with Crippen LogP contribution in [0.2, 0.25) is 0 Å². The van der Waals surface area contributed by atoms with E-state index in [4.69, 9.17) is 10.5 Å². The number of methoxy groups -OCH3 is 2. The molecule has 1 aromatic carbocycles. The molecule has 2 aromatic rings. The van der Waals surface area contributed by atoms with E-state index in [9.17, 15) is 9.59 Å². The molecule has 7 heteroatoms. The van der Waals surface area contributed by atoms with Gasteiger partial charge in [-0.2, -0.15) is 0 Å². The summed E-state index contributed by atoms with van der Waals surface area (Å²) in [5.41, 5.74) is 7.72. The number of rotatable bonds is 7. The minimum atomic E-state index is -0.408. The van der Waals surface area contributed by atoms with Gasteiger partial charge in [0.25, 0.3) is 0 Å². The molecule has 2 unspecified atom stereocenters. The molecule has 0 amide bonds. The highest BCUT2D eigenvalue weighted by atomic mass is 35.5. The first-order valence-corrected chi connectivity index (χ1v) is 8.46. The van der Waals surface area contributed by atoms with Crippen LogP contribution in [0.1, 0.15) is 20.8 Å². The van der Waals surface area contributed by atoms with E-state index in [1.807, 2.05) is 29.6 Å². The first kappa shape index (κ1) is 21.2. The Bertz CT molecular complexity index is 673. The Morgan fingerprint density at radius 1 is 1.08 bits per heavy atom. The van der Waals surface area contributed by atoms with Gasteiger partial charge in [0.05, 0.1) is 25.7 Å². The maximum atomic E-state index is 12.1. The number of halogens is 1. The summed E-state index contributed by atoms with van der Waals surface area (Å²) < 4.78 is 9.59. The van der Waals surface area contributed by atoms with Crippen molar-refractivity contribution in [2.24, 2.45) is 11.7 Å². The highest BCUT2D eigenvalue weighted by molar-refractivity contribution is 7.09. The SMILES string of the molecule is COC(=O)c1ccc(CC(N)C(Cc2cccs2)C(=O)OC)cc1.Cl. The number of thiophene rings is 1. The zero-order valence-electron chi connectivity index (χ0n) is 14.1. The van der Waals surface area contributed by atoms with Crippen LogP contribution >= 0.6 is 23.7 Å². The van der Waals surface area contributed by atoms with Crippen LogP contribution in [0.4, 0.5) is 0 Å². The van der Waals surface area contributed by atoms with Crippen LogP contribution in [0.15, 0.2) is 41.8 Å². The molecule has 0 spiro atoms. The van der Waals surface area contributed by atoms with Crippen molar-refractivity contribution >= 4 is 35.7 Å². The van der Waals surface area contributed by atoms with E-state index in [0.29, 0.717) is 18.4 Å².